The van der Waals surface area contributed by atoms with E-state index in [2.05, 4.69) is 22.2 Å². The van der Waals surface area contributed by atoms with Gasteiger partial charge in [0, 0.05) is 6.54 Å². The first-order valence-electron chi connectivity index (χ1n) is 5.15. The highest BCUT2D eigenvalue weighted by Gasteiger charge is 1.99. The first kappa shape index (κ1) is 11.7. The van der Waals surface area contributed by atoms with Crippen LogP contribution in [0.4, 0.5) is 0 Å². The fraction of sp³-hybridized carbons (Fsp3) is 0.600. The SMILES string of the molecule is CCNCCOc1cc(OCC)ncn1. The number of hydrogen-bond donors (Lipinski definition) is 1. The van der Waals surface area contributed by atoms with Gasteiger partial charge in [-0.25, -0.2) is 9.97 Å². The van der Waals surface area contributed by atoms with Crippen LogP contribution in [0.3, 0.4) is 0 Å². The van der Waals surface area contributed by atoms with Gasteiger partial charge in [0.25, 0.3) is 0 Å². The Labute approximate surface area is 89.8 Å². The molecule has 0 atom stereocenters. The molecule has 1 aromatic rings. The third-order valence-corrected chi connectivity index (χ3v) is 1.69. The number of hydrogen-bond acceptors (Lipinski definition) is 5. The standard InChI is InChI=1S/C10H17N3O2/c1-3-11-5-6-15-10-7-9(14-4-2)12-8-13-10/h7-8,11H,3-6H2,1-2H3. The first-order chi connectivity index (χ1) is 7.36. The lowest BCUT2D eigenvalue weighted by Crippen LogP contribution is -2.20. The summed E-state index contributed by atoms with van der Waals surface area (Å²) >= 11 is 0. The highest BCUT2D eigenvalue weighted by molar-refractivity contribution is 5.17. The topological polar surface area (TPSA) is 56.3 Å². The van der Waals surface area contributed by atoms with Crippen LogP contribution in [0.2, 0.25) is 0 Å². The van der Waals surface area contributed by atoms with Gasteiger partial charge in [-0.15, -0.1) is 0 Å². The number of nitrogens with one attached hydrogen (secondary N) is 1. The molecule has 1 heterocycles. The Balaban J connectivity index is 2.36. The van der Waals surface area contributed by atoms with Gasteiger partial charge >= 0.3 is 0 Å². The Morgan fingerprint density at radius 3 is 2.60 bits per heavy atom. The normalized spacial score (nSPS) is 10.0. The van der Waals surface area contributed by atoms with Crippen LogP contribution in [-0.4, -0.2) is 36.3 Å². The van der Waals surface area contributed by atoms with Crippen molar-refractivity contribution < 1.29 is 9.47 Å². The number of ether oxygens (including phenoxy) is 2. The minimum absolute atomic E-state index is 0.547. The van der Waals surface area contributed by atoms with E-state index in [1.54, 1.807) is 6.07 Å². The zero-order chi connectivity index (χ0) is 10.9. The van der Waals surface area contributed by atoms with E-state index in [1.807, 2.05) is 6.92 Å². The fourth-order valence-electron chi connectivity index (χ4n) is 1.03. The lowest BCUT2D eigenvalue weighted by Gasteiger charge is -2.06. The van der Waals surface area contributed by atoms with E-state index >= 15 is 0 Å². The molecule has 0 amide bonds. The summed E-state index contributed by atoms with van der Waals surface area (Å²) < 4.78 is 10.6. The molecule has 0 unspecified atom stereocenters. The smallest absolute Gasteiger partial charge is 0.220 e. The molecule has 0 saturated carbocycles. The first-order valence-corrected chi connectivity index (χ1v) is 5.15. The van der Waals surface area contributed by atoms with Crippen LogP contribution in [0.25, 0.3) is 0 Å². The van der Waals surface area contributed by atoms with Gasteiger partial charge < -0.3 is 14.8 Å². The van der Waals surface area contributed by atoms with Crippen molar-refractivity contribution in [2.45, 2.75) is 13.8 Å². The van der Waals surface area contributed by atoms with Crippen LogP contribution in [-0.2, 0) is 0 Å². The van der Waals surface area contributed by atoms with Gasteiger partial charge in [0.2, 0.25) is 11.8 Å². The van der Waals surface area contributed by atoms with E-state index in [-0.39, 0.29) is 0 Å². The third kappa shape index (κ3) is 4.60. The Morgan fingerprint density at radius 1 is 1.20 bits per heavy atom. The van der Waals surface area contributed by atoms with E-state index in [4.69, 9.17) is 9.47 Å². The molecule has 0 bridgehead atoms. The predicted octanol–water partition coefficient (Wildman–Crippen LogP) is 0.864. The van der Waals surface area contributed by atoms with Crippen molar-refractivity contribution in [1.29, 1.82) is 0 Å². The molecule has 1 rings (SSSR count). The van der Waals surface area contributed by atoms with E-state index in [0.29, 0.717) is 25.0 Å². The molecule has 1 N–H and O–H groups in total. The largest absolute Gasteiger partial charge is 0.478 e. The van der Waals surface area contributed by atoms with Gasteiger partial charge in [0.1, 0.15) is 12.9 Å². The van der Waals surface area contributed by atoms with Crippen LogP contribution in [0.5, 0.6) is 11.8 Å². The molecule has 0 radical (unpaired) electrons. The summed E-state index contributed by atoms with van der Waals surface area (Å²) in [6.07, 6.45) is 1.44. The van der Waals surface area contributed by atoms with E-state index in [0.717, 1.165) is 13.1 Å². The van der Waals surface area contributed by atoms with Crippen molar-refractivity contribution in [2.75, 3.05) is 26.3 Å². The summed E-state index contributed by atoms with van der Waals surface area (Å²) in [5.74, 6) is 1.09. The average Bonchev–Trinajstić information content (AvgIpc) is 2.26. The molecule has 0 spiro atoms. The van der Waals surface area contributed by atoms with Crippen molar-refractivity contribution in [2.24, 2.45) is 0 Å². The van der Waals surface area contributed by atoms with Crippen LogP contribution >= 0.6 is 0 Å². The molecule has 84 valence electrons. The maximum Gasteiger partial charge on any atom is 0.220 e. The zero-order valence-corrected chi connectivity index (χ0v) is 9.19. The summed E-state index contributed by atoms with van der Waals surface area (Å²) in [5, 5.41) is 3.16. The van der Waals surface area contributed by atoms with E-state index in [9.17, 15) is 0 Å². The van der Waals surface area contributed by atoms with Crippen molar-refractivity contribution in [3.63, 3.8) is 0 Å². The maximum absolute atomic E-state index is 5.40. The molecule has 0 aliphatic heterocycles. The molecule has 0 fully saturated rings. The monoisotopic (exact) mass is 211 g/mol. The molecule has 5 nitrogen and oxygen atoms in total. The van der Waals surface area contributed by atoms with Gasteiger partial charge in [0.05, 0.1) is 12.7 Å². The average molecular weight is 211 g/mol. The van der Waals surface area contributed by atoms with Gasteiger partial charge in [0.15, 0.2) is 0 Å². The van der Waals surface area contributed by atoms with Crippen molar-refractivity contribution in [3.8, 4) is 11.8 Å². The van der Waals surface area contributed by atoms with Crippen LogP contribution in [0.15, 0.2) is 12.4 Å². The third-order valence-electron chi connectivity index (χ3n) is 1.69. The molecule has 0 aliphatic rings. The van der Waals surface area contributed by atoms with Crippen molar-refractivity contribution in [3.05, 3.63) is 12.4 Å². The van der Waals surface area contributed by atoms with Crippen molar-refractivity contribution >= 4 is 0 Å². The molecule has 5 heteroatoms. The lowest BCUT2D eigenvalue weighted by atomic mass is 10.6. The van der Waals surface area contributed by atoms with Gasteiger partial charge in [-0.05, 0) is 13.5 Å². The predicted molar refractivity (Wildman–Crippen MR) is 57.2 cm³/mol. The second-order valence-electron chi connectivity index (χ2n) is 2.83. The Kier molecular flexibility index (Phi) is 5.47. The zero-order valence-electron chi connectivity index (χ0n) is 9.19. The molecule has 0 saturated heterocycles. The molecular weight excluding hydrogens is 194 g/mol. The van der Waals surface area contributed by atoms with Crippen molar-refractivity contribution in [1.82, 2.24) is 15.3 Å². The number of nitrogens with zero attached hydrogens (tertiary/aromatic N) is 2. The Hall–Kier alpha value is -1.36. The summed E-state index contributed by atoms with van der Waals surface area (Å²) in [6.45, 7) is 6.90. The minimum atomic E-state index is 0.547. The Bertz CT molecular complexity index is 281. The molecular formula is C10H17N3O2. The molecule has 1 aromatic heterocycles. The Morgan fingerprint density at radius 2 is 1.93 bits per heavy atom. The molecule has 15 heavy (non-hydrogen) atoms. The quantitative estimate of drug-likeness (QED) is 0.678. The van der Waals surface area contributed by atoms with Gasteiger partial charge in [-0.1, -0.05) is 6.92 Å². The molecule has 0 aromatic carbocycles. The highest BCUT2D eigenvalue weighted by Crippen LogP contribution is 2.12. The summed E-state index contributed by atoms with van der Waals surface area (Å²) in [5.41, 5.74) is 0. The molecule has 0 aliphatic carbocycles. The van der Waals surface area contributed by atoms with E-state index in [1.165, 1.54) is 6.33 Å². The van der Waals surface area contributed by atoms with Crippen LogP contribution < -0.4 is 14.8 Å². The summed E-state index contributed by atoms with van der Waals surface area (Å²) in [6, 6.07) is 1.69. The van der Waals surface area contributed by atoms with E-state index < -0.39 is 0 Å². The minimum Gasteiger partial charge on any atom is -0.478 e. The maximum atomic E-state index is 5.40. The van der Waals surface area contributed by atoms with Crippen LogP contribution in [0.1, 0.15) is 13.8 Å². The van der Waals surface area contributed by atoms with Gasteiger partial charge in [-0.2, -0.15) is 0 Å². The highest BCUT2D eigenvalue weighted by atomic mass is 16.5. The second-order valence-corrected chi connectivity index (χ2v) is 2.83. The fourth-order valence-corrected chi connectivity index (χ4v) is 1.03. The number of rotatable bonds is 7. The second kappa shape index (κ2) is 7.00. The number of aromatic nitrogens is 2. The summed E-state index contributed by atoms with van der Waals surface area (Å²) in [4.78, 5) is 7.92. The summed E-state index contributed by atoms with van der Waals surface area (Å²) in [7, 11) is 0. The van der Waals surface area contributed by atoms with Crippen LogP contribution in [0, 0.1) is 0 Å². The van der Waals surface area contributed by atoms with Gasteiger partial charge in [-0.3, -0.25) is 0 Å². The lowest BCUT2D eigenvalue weighted by molar-refractivity contribution is 0.292. The number of likely N-dealkylation sites (N-methyl/N-ethyl adjacent to an activating group) is 1.